The lowest BCUT2D eigenvalue weighted by molar-refractivity contribution is 0.0950. The summed E-state index contributed by atoms with van der Waals surface area (Å²) in [6.45, 7) is 8.73. The molecule has 0 saturated carbocycles. The van der Waals surface area contributed by atoms with Crippen LogP contribution in [0.4, 0.5) is 0 Å². The first-order valence-corrected chi connectivity index (χ1v) is 7.77. The number of ether oxygens (including phenoxy) is 1. The van der Waals surface area contributed by atoms with Gasteiger partial charge in [0.15, 0.2) is 0 Å². The zero-order valence-corrected chi connectivity index (χ0v) is 14.8. The summed E-state index contributed by atoms with van der Waals surface area (Å²) in [4.78, 5) is 12.4. The minimum Gasteiger partial charge on any atom is -0.481 e. The quantitative estimate of drug-likeness (QED) is 0.923. The number of methoxy groups -OCH3 is 1. The van der Waals surface area contributed by atoms with E-state index in [1.807, 2.05) is 6.92 Å². The van der Waals surface area contributed by atoms with Gasteiger partial charge in [-0.2, -0.15) is 5.10 Å². The number of hydrogen-bond acceptors (Lipinski definition) is 3. The fraction of sp³-hybridized carbons (Fsp3) is 0.444. The number of carbonyl (C=O) groups is 1. The molecule has 1 aromatic carbocycles. The van der Waals surface area contributed by atoms with E-state index in [2.05, 4.69) is 43.3 Å². The summed E-state index contributed by atoms with van der Waals surface area (Å²) >= 11 is 0. The second-order valence-electron chi connectivity index (χ2n) is 5.98. The van der Waals surface area contributed by atoms with E-state index < -0.39 is 0 Å². The molecule has 5 heteroatoms. The average molecular weight is 315 g/mol. The Bertz CT molecular complexity index is 709. The molecule has 1 heterocycles. The molecular formula is C18H25N3O2. The zero-order chi connectivity index (χ0) is 17.1. The van der Waals surface area contributed by atoms with Crippen LogP contribution < -0.4 is 10.1 Å². The lowest BCUT2D eigenvalue weighted by Crippen LogP contribution is -2.26. The predicted molar refractivity (Wildman–Crippen MR) is 91.2 cm³/mol. The van der Waals surface area contributed by atoms with Crippen LogP contribution in [0.15, 0.2) is 12.1 Å². The molecule has 0 aliphatic carbocycles. The van der Waals surface area contributed by atoms with Gasteiger partial charge in [0.1, 0.15) is 5.56 Å². The number of benzene rings is 1. The number of rotatable bonds is 5. The SMILES string of the molecule is COc1c(C(=O)NCCc2c(C)cc(C)cc2C)c(C)nn1C. The molecule has 0 atom stereocenters. The van der Waals surface area contributed by atoms with E-state index in [1.165, 1.54) is 22.3 Å². The van der Waals surface area contributed by atoms with Gasteiger partial charge in [-0.05, 0) is 50.8 Å². The lowest BCUT2D eigenvalue weighted by atomic mass is 9.97. The highest BCUT2D eigenvalue weighted by molar-refractivity contribution is 5.97. The van der Waals surface area contributed by atoms with Crippen LogP contribution in [0.25, 0.3) is 0 Å². The molecule has 0 bridgehead atoms. The first kappa shape index (κ1) is 17.1. The Hall–Kier alpha value is -2.30. The summed E-state index contributed by atoms with van der Waals surface area (Å²) in [5, 5.41) is 7.21. The van der Waals surface area contributed by atoms with E-state index in [9.17, 15) is 4.79 Å². The molecule has 2 aromatic rings. The van der Waals surface area contributed by atoms with E-state index in [1.54, 1.807) is 18.8 Å². The Morgan fingerprint density at radius 2 is 1.83 bits per heavy atom. The van der Waals surface area contributed by atoms with Gasteiger partial charge in [-0.1, -0.05) is 17.7 Å². The molecule has 0 radical (unpaired) electrons. The minimum atomic E-state index is -0.144. The van der Waals surface area contributed by atoms with Gasteiger partial charge in [-0.25, -0.2) is 4.68 Å². The maximum atomic E-state index is 12.4. The van der Waals surface area contributed by atoms with Gasteiger partial charge in [0, 0.05) is 13.6 Å². The highest BCUT2D eigenvalue weighted by Gasteiger charge is 2.20. The van der Waals surface area contributed by atoms with Crippen LogP contribution in [0, 0.1) is 27.7 Å². The summed E-state index contributed by atoms with van der Waals surface area (Å²) in [6, 6.07) is 4.36. The molecular weight excluding hydrogens is 290 g/mol. The fourth-order valence-electron chi connectivity index (χ4n) is 3.13. The van der Waals surface area contributed by atoms with Crippen LogP contribution in [-0.2, 0) is 13.5 Å². The van der Waals surface area contributed by atoms with Crippen LogP contribution in [0.1, 0.15) is 38.3 Å². The standard InChI is InChI=1S/C18H25N3O2/c1-11-9-12(2)15(13(3)10-11)7-8-19-17(22)16-14(4)20-21(5)18(16)23-6/h9-10H,7-8H2,1-6H3,(H,19,22). The van der Waals surface area contributed by atoms with Crippen molar-refractivity contribution < 1.29 is 9.53 Å². The third-order valence-corrected chi connectivity index (χ3v) is 4.09. The fourth-order valence-corrected chi connectivity index (χ4v) is 3.13. The van der Waals surface area contributed by atoms with E-state index >= 15 is 0 Å². The molecule has 0 spiro atoms. The summed E-state index contributed by atoms with van der Waals surface area (Å²) in [5.41, 5.74) is 6.28. The molecule has 23 heavy (non-hydrogen) atoms. The molecule has 0 aliphatic rings. The first-order chi connectivity index (χ1) is 10.8. The zero-order valence-electron chi connectivity index (χ0n) is 14.8. The summed E-state index contributed by atoms with van der Waals surface area (Å²) in [6.07, 6.45) is 0.811. The van der Waals surface area contributed by atoms with Gasteiger partial charge >= 0.3 is 0 Å². The normalized spacial score (nSPS) is 10.7. The van der Waals surface area contributed by atoms with Crippen LogP contribution in [0.2, 0.25) is 0 Å². The number of carbonyl (C=O) groups excluding carboxylic acids is 1. The van der Waals surface area contributed by atoms with Gasteiger partial charge < -0.3 is 10.1 Å². The van der Waals surface area contributed by atoms with E-state index in [0.717, 1.165) is 6.42 Å². The van der Waals surface area contributed by atoms with Crippen molar-refractivity contribution in [2.45, 2.75) is 34.1 Å². The topological polar surface area (TPSA) is 56.1 Å². The number of nitrogens with zero attached hydrogens (tertiary/aromatic N) is 2. The smallest absolute Gasteiger partial charge is 0.258 e. The highest BCUT2D eigenvalue weighted by atomic mass is 16.5. The Morgan fingerprint density at radius 1 is 1.22 bits per heavy atom. The van der Waals surface area contributed by atoms with Crippen molar-refractivity contribution in [3.05, 3.63) is 45.6 Å². The van der Waals surface area contributed by atoms with Crippen molar-refractivity contribution in [1.82, 2.24) is 15.1 Å². The first-order valence-electron chi connectivity index (χ1n) is 7.77. The molecule has 1 aromatic heterocycles. The van der Waals surface area contributed by atoms with E-state index in [-0.39, 0.29) is 5.91 Å². The molecule has 1 amide bonds. The monoisotopic (exact) mass is 315 g/mol. The van der Waals surface area contributed by atoms with Crippen molar-refractivity contribution in [1.29, 1.82) is 0 Å². The molecule has 124 valence electrons. The molecule has 5 nitrogen and oxygen atoms in total. The Balaban J connectivity index is 2.07. The molecule has 0 unspecified atom stereocenters. The third-order valence-electron chi connectivity index (χ3n) is 4.09. The minimum absolute atomic E-state index is 0.144. The Labute approximate surface area is 137 Å². The van der Waals surface area contributed by atoms with Crippen LogP contribution in [-0.4, -0.2) is 29.3 Å². The number of hydrogen-bond donors (Lipinski definition) is 1. The maximum absolute atomic E-state index is 12.4. The molecule has 0 aliphatic heterocycles. The van der Waals surface area contributed by atoms with Crippen molar-refractivity contribution in [2.24, 2.45) is 7.05 Å². The van der Waals surface area contributed by atoms with Gasteiger partial charge in [-0.15, -0.1) is 0 Å². The second-order valence-corrected chi connectivity index (χ2v) is 5.98. The molecule has 2 rings (SSSR count). The number of nitrogens with one attached hydrogen (secondary N) is 1. The predicted octanol–water partition coefficient (Wildman–Crippen LogP) is 2.63. The average Bonchev–Trinajstić information content (AvgIpc) is 2.75. The second kappa shape index (κ2) is 6.86. The summed E-state index contributed by atoms with van der Waals surface area (Å²) < 4.78 is 6.86. The van der Waals surface area contributed by atoms with Crippen molar-refractivity contribution >= 4 is 5.91 Å². The van der Waals surface area contributed by atoms with Crippen LogP contribution in [0.5, 0.6) is 5.88 Å². The number of aromatic nitrogens is 2. The van der Waals surface area contributed by atoms with E-state index in [4.69, 9.17) is 4.74 Å². The Morgan fingerprint density at radius 3 is 2.39 bits per heavy atom. The summed E-state index contributed by atoms with van der Waals surface area (Å²) in [5.74, 6) is 0.345. The summed E-state index contributed by atoms with van der Waals surface area (Å²) in [7, 11) is 3.31. The maximum Gasteiger partial charge on any atom is 0.258 e. The van der Waals surface area contributed by atoms with Crippen molar-refractivity contribution in [2.75, 3.05) is 13.7 Å². The van der Waals surface area contributed by atoms with Gasteiger partial charge in [0.25, 0.3) is 5.91 Å². The molecule has 0 saturated heterocycles. The largest absolute Gasteiger partial charge is 0.481 e. The van der Waals surface area contributed by atoms with Crippen molar-refractivity contribution in [3.8, 4) is 5.88 Å². The van der Waals surface area contributed by atoms with Crippen molar-refractivity contribution in [3.63, 3.8) is 0 Å². The highest BCUT2D eigenvalue weighted by Crippen LogP contribution is 2.21. The van der Waals surface area contributed by atoms with E-state index in [0.29, 0.717) is 23.7 Å². The van der Waals surface area contributed by atoms with Crippen LogP contribution >= 0.6 is 0 Å². The van der Waals surface area contributed by atoms with Crippen LogP contribution in [0.3, 0.4) is 0 Å². The lowest BCUT2D eigenvalue weighted by Gasteiger charge is -2.12. The number of aryl methyl sites for hydroxylation is 5. The number of amides is 1. The molecule has 0 fully saturated rings. The third kappa shape index (κ3) is 3.55. The Kier molecular flexibility index (Phi) is 5.08. The van der Waals surface area contributed by atoms with Gasteiger partial charge in [0.2, 0.25) is 5.88 Å². The van der Waals surface area contributed by atoms with Gasteiger partial charge in [0.05, 0.1) is 12.8 Å². The molecule has 1 N–H and O–H groups in total. The van der Waals surface area contributed by atoms with Gasteiger partial charge in [-0.3, -0.25) is 4.79 Å².